The van der Waals surface area contributed by atoms with Crippen molar-refractivity contribution >= 4 is 18.0 Å². The number of carbonyl (C=O) groups is 2. The maximum Gasteiger partial charge on any atom is 0.320 e. The minimum Gasteiger partial charge on any atom is -0.496 e. The number of benzene rings is 1. The Morgan fingerprint density at radius 2 is 2.09 bits per heavy atom. The molecule has 1 aromatic carbocycles. The third-order valence-electron chi connectivity index (χ3n) is 3.45. The van der Waals surface area contributed by atoms with Gasteiger partial charge in [-0.3, -0.25) is 14.5 Å². The van der Waals surface area contributed by atoms with Gasteiger partial charge < -0.3 is 15.2 Å². The normalized spacial score (nSPS) is 12.3. The molecule has 0 saturated carbocycles. The summed E-state index contributed by atoms with van der Waals surface area (Å²) >= 11 is 0. The van der Waals surface area contributed by atoms with Crippen LogP contribution in [0.25, 0.3) is 6.08 Å². The van der Waals surface area contributed by atoms with Crippen molar-refractivity contribution in [1.82, 2.24) is 10.2 Å². The van der Waals surface area contributed by atoms with E-state index < -0.39 is 12.0 Å². The molecule has 6 heteroatoms. The van der Waals surface area contributed by atoms with Crippen LogP contribution in [0.5, 0.6) is 5.75 Å². The quantitative estimate of drug-likeness (QED) is 0.723. The highest BCUT2D eigenvalue weighted by Gasteiger charge is 2.19. The van der Waals surface area contributed by atoms with Crippen LogP contribution in [0.15, 0.2) is 30.3 Å². The van der Waals surface area contributed by atoms with E-state index in [9.17, 15) is 14.7 Å². The molecule has 0 aliphatic heterocycles. The molecule has 1 aromatic rings. The van der Waals surface area contributed by atoms with Crippen molar-refractivity contribution in [2.45, 2.75) is 19.9 Å². The topological polar surface area (TPSA) is 78.9 Å². The number of nitrogens with one attached hydrogen (secondary N) is 1. The van der Waals surface area contributed by atoms with Gasteiger partial charge in [-0.05, 0) is 13.0 Å². The van der Waals surface area contributed by atoms with Crippen molar-refractivity contribution in [1.29, 1.82) is 0 Å². The Bertz CT molecular complexity index is 557. The minimum atomic E-state index is -0.890. The van der Waals surface area contributed by atoms with Crippen molar-refractivity contribution < 1.29 is 19.4 Å². The van der Waals surface area contributed by atoms with Crippen LogP contribution in [0.3, 0.4) is 0 Å². The Morgan fingerprint density at radius 1 is 1.39 bits per heavy atom. The van der Waals surface area contributed by atoms with Crippen molar-refractivity contribution in [2.75, 3.05) is 26.7 Å². The standard InChI is InChI=1S/C17H24N2O4/c1-13(17(21)22)19(12-10-18-14(2)20)11-6-8-15-7-4-5-9-16(15)23-3/h4-9,13H,10-12H2,1-3H3,(H,18,20)(H,21,22)/b8-6+. The average Bonchev–Trinajstić information content (AvgIpc) is 2.52. The van der Waals surface area contributed by atoms with E-state index in [0.29, 0.717) is 19.6 Å². The van der Waals surface area contributed by atoms with Gasteiger partial charge in [0, 0.05) is 32.1 Å². The first-order chi connectivity index (χ1) is 11.0. The molecule has 6 nitrogen and oxygen atoms in total. The highest BCUT2D eigenvalue weighted by atomic mass is 16.5. The predicted octanol–water partition coefficient (Wildman–Crippen LogP) is 1.62. The lowest BCUT2D eigenvalue weighted by atomic mass is 10.2. The Labute approximate surface area is 136 Å². The number of carbonyl (C=O) groups excluding carboxylic acids is 1. The summed E-state index contributed by atoms with van der Waals surface area (Å²) in [6, 6.07) is 6.97. The fourth-order valence-electron chi connectivity index (χ4n) is 2.09. The molecular weight excluding hydrogens is 296 g/mol. The number of hydrogen-bond donors (Lipinski definition) is 2. The summed E-state index contributed by atoms with van der Waals surface area (Å²) in [7, 11) is 1.61. The number of para-hydroxylation sites is 1. The molecule has 2 N–H and O–H groups in total. The number of methoxy groups -OCH3 is 1. The first-order valence-electron chi connectivity index (χ1n) is 7.46. The smallest absolute Gasteiger partial charge is 0.320 e. The van der Waals surface area contributed by atoms with Gasteiger partial charge in [-0.1, -0.05) is 30.4 Å². The fourth-order valence-corrected chi connectivity index (χ4v) is 2.09. The van der Waals surface area contributed by atoms with Gasteiger partial charge in [-0.2, -0.15) is 0 Å². The lowest BCUT2D eigenvalue weighted by molar-refractivity contribution is -0.142. The van der Waals surface area contributed by atoms with Gasteiger partial charge in [0.25, 0.3) is 0 Å². The van der Waals surface area contributed by atoms with Crippen LogP contribution in [0, 0.1) is 0 Å². The molecule has 1 rings (SSSR count). The van der Waals surface area contributed by atoms with Gasteiger partial charge in [-0.25, -0.2) is 0 Å². The SMILES string of the molecule is COc1ccccc1/C=C/CN(CCNC(C)=O)C(C)C(=O)O. The monoisotopic (exact) mass is 320 g/mol. The van der Waals surface area contributed by atoms with Gasteiger partial charge in [0.15, 0.2) is 0 Å². The highest BCUT2D eigenvalue weighted by Crippen LogP contribution is 2.18. The molecule has 0 radical (unpaired) electrons. The number of aliphatic carboxylic acids is 1. The number of carboxylic acid groups (broad SMARTS) is 1. The molecule has 1 unspecified atom stereocenters. The fraction of sp³-hybridized carbons (Fsp3) is 0.412. The largest absolute Gasteiger partial charge is 0.496 e. The Kier molecular flexibility index (Phi) is 7.83. The van der Waals surface area contributed by atoms with E-state index in [1.807, 2.05) is 36.4 Å². The second kappa shape index (κ2) is 9.63. The second-order valence-electron chi connectivity index (χ2n) is 5.14. The van der Waals surface area contributed by atoms with Crippen LogP contribution in [0.2, 0.25) is 0 Å². The molecule has 1 amide bonds. The van der Waals surface area contributed by atoms with Crippen LogP contribution < -0.4 is 10.1 Å². The van der Waals surface area contributed by atoms with E-state index >= 15 is 0 Å². The number of ether oxygens (including phenoxy) is 1. The van der Waals surface area contributed by atoms with Gasteiger partial charge in [-0.15, -0.1) is 0 Å². The molecule has 0 fully saturated rings. The summed E-state index contributed by atoms with van der Waals surface area (Å²) in [6.07, 6.45) is 3.80. The van der Waals surface area contributed by atoms with Crippen molar-refractivity contribution in [2.24, 2.45) is 0 Å². The summed E-state index contributed by atoms with van der Waals surface area (Å²) in [6.45, 7) is 4.41. The minimum absolute atomic E-state index is 0.127. The zero-order valence-corrected chi connectivity index (χ0v) is 13.8. The van der Waals surface area contributed by atoms with Crippen LogP contribution in [-0.2, 0) is 9.59 Å². The van der Waals surface area contributed by atoms with Crippen LogP contribution in [0.1, 0.15) is 19.4 Å². The van der Waals surface area contributed by atoms with E-state index in [2.05, 4.69) is 5.32 Å². The molecule has 0 heterocycles. The van der Waals surface area contributed by atoms with E-state index in [4.69, 9.17) is 4.74 Å². The zero-order chi connectivity index (χ0) is 17.2. The maximum atomic E-state index is 11.2. The highest BCUT2D eigenvalue weighted by molar-refractivity contribution is 5.73. The molecule has 0 aliphatic carbocycles. The molecule has 0 bridgehead atoms. The molecule has 126 valence electrons. The maximum absolute atomic E-state index is 11.2. The number of rotatable bonds is 9. The third kappa shape index (κ3) is 6.52. The summed E-state index contributed by atoms with van der Waals surface area (Å²) in [5, 5.41) is 11.9. The molecule has 0 saturated heterocycles. The molecule has 0 spiro atoms. The van der Waals surface area contributed by atoms with Crippen molar-refractivity contribution in [3.8, 4) is 5.75 Å². The van der Waals surface area contributed by atoms with Crippen molar-refractivity contribution in [3.05, 3.63) is 35.9 Å². The van der Waals surface area contributed by atoms with E-state index in [1.54, 1.807) is 18.9 Å². The number of nitrogens with zero attached hydrogens (tertiary/aromatic N) is 1. The number of amides is 1. The van der Waals surface area contributed by atoms with Gasteiger partial charge >= 0.3 is 5.97 Å². The second-order valence-corrected chi connectivity index (χ2v) is 5.14. The molecule has 1 atom stereocenters. The van der Waals surface area contributed by atoms with Crippen LogP contribution in [0.4, 0.5) is 0 Å². The van der Waals surface area contributed by atoms with E-state index in [0.717, 1.165) is 11.3 Å². The average molecular weight is 320 g/mol. The number of hydrogen-bond acceptors (Lipinski definition) is 4. The van der Waals surface area contributed by atoms with Gasteiger partial charge in [0.1, 0.15) is 11.8 Å². The molecule has 0 aromatic heterocycles. The summed E-state index contributed by atoms with van der Waals surface area (Å²) in [5.41, 5.74) is 0.930. The Morgan fingerprint density at radius 3 is 2.70 bits per heavy atom. The zero-order valence-electron chi connectivity index (χ0n) is 13.8. The Hall–Kier alpha value is -2.34. The van der Waals surface area contributed by atoms with Crippen LogP contribution >= 0.6 is 0 Å². The lowest BCUT2D eigenvalue weighted by Crippen LogP contribution is -2.43. The predicted molar refractivity (Wildman–Crippen MR) is 89.4 cm³/mol. The lowest BCUT2D eigenvalue weighted by Gasteiger charge is -2.24. The molecule has 23 heavy (non-hydrogen) atoms. The molecular formula is C17H24N2O4. The number of carboxylic acids is 1. The Balaban J connectivity index is 2.70. The first-order valence-corrected chi connectivity index (χ1v) is 7.46. The van der Waals surface area contributed by atoms with Gasteiger partial charge in [0.05, 0.1) is 7.11 Å². The van der Waals surface area contributed by atoms with E-state index in [1.165, 1.54) is 6.92 Å². The third-order valence-corrected chi connectivity index (χ3v) is 3.45. The summed E-state index contributed by atoms with van der Waals surface area (Å²) in [5.74, 6) is -0.254. The van der Waals surface area contributed by atoms with Crippen LogP contribution in [-0.4, -0.2) is 54.7 Å². The van der Waals surface area contributed by atoms with Crippen molar-refractivity contribution in [3.63, 3.8) is 0 Å². The van der Waals surface area contributed by atoms with Gasteiger partial charge in [0.2, 0.25) is 5.91 Å². The van der Waals surface area contributed by atoms with E-state index in [-0.39, 0.29) is 5.91 Å². The summed E-state index contributed by atoms with van der Waals surface area (Å²) in [4.78, 5) is 23.9. The summed E-state index contributed by atoms with van der Waals surface area (Å²) < 4.78 is 5.27. The molecule has 0 aliphatic rings. The first kappa shape index (κ1) is 18.7.